The van der Waals surface area contributed by atoms with E-state index in [0.717, 1.165) is 28.0 Å². The summed E-state index contributed by atoms with van der Waals surface area (Å²) in [5.74, 6) is 1.47. The van der Waals surface area contributed by atoms with Crippen LogP contribution in [-0.2, 0) is 6.42 Å². The summed E-state index contributed by atoms with van der Waals surface area (Å²) in [5, 5.41) is 0. The lowest BCUT2D eigenvalue weighted by Crippen LogP contribution is -2.06. The average molecular weight is 274 g/mol. The normalized spacial score (nSPS) is 10.2. The van der Waals surface area contributed by atoms with Gasteiger partial charge in [0.1, 0.15) is 0 Å². The van der Waals surface area contributed by atoms with Crippen molar-refractivity contribution in [2.24, 2.45) is 5.73 Å². The number of benzene rings is 1. The minimum Gasteiger partial charge on any atom is -0.493 e. The molecule has 0 radical (unpaired) electrons. The van der Waals surface area contributed by atoms with E-state index in [-0.39, 0.29) is 0 Å². The highest BCUT2D eigenvalue weighted by Gasteiger charge is 2.14. The third kappa shape index (κ3) is 2.44. The maximum absolute atomic E-state index is 5.57. The Morgan fingerprint density at radius 1 is 1.33 bits per heavy atom. The Kier molecular flexibility index (Phi) is 4.42. The molecule has 0 aliphatic rings. The monoisotopic (exact) mass is 273 g/mol. The Morgan fingerprint density at radius 3 is 2.47 bits per heavy atom. The number of nitrogens with two attached hydrogens (primary N) is 1. The largest absolute Gasteiger partial charge is 0.493 e. The van der Waals surface area contributed by atoms with Crippen molar-refractivity contribution in [3.05, 3.63) is 21.7 Å². The average Bonchev–Trinajstić information content (AvgIpc) is 2.23. The van der Waals surface area contributed by atoms with Gasteiger partial charge in [0.2, 0.25) is 0 Å². The van der Waals surface area contributed by atoms with Crippen LogP contribution in [0.3, 0.4) is 0 Å². The summed E-state index contributed by atoms with van der Waals surface area (Å²) >= 11 is 3.52. The number of aryl methyl sites for hydroxylation is 1. The zero-order chi connectivity index (χ0) is 11.4. The molecule has 2 N–H and O–H groups in total. The summed E-state index contributed by atoms with van der Waals surface area (Å²) in [4.78, 5) is 0. The number of rotatable bonds is 4. The SMILES string of the molecule is COc1cc(C)c(CCN)c(Br)c1OC. The van der Waals surface area contributed by atoms with Crippen molar-refractivity contribution >= 4 is 15.9 Å². The molecule has 0 saturated heterocycles. The Balaban J connectivity index is 3.31. The van der Waals surface area contributed by atoms with Gasteiger partial charge in [0.25, 0.3) is 0 Å². The minimum atomic E-state index is 0.620. The van der Waals surface area contributed by atoms with Gasteiger partial charge in [-0.05, 0) is 53.0 Å². The van der Waals surface area contributed by atoms with Crippen LogP contribution in [0.4, 0.5) is 0 Å². The van der Waals surface area contributed by atoms with E-state index in [4.69, 9.17) is 15.2 Å². The molecule has 15 heavy (non-hydrogen) atoms. The summed E-state index contributed by atoms with van der Waals surface area (Å²) in [5.41, 5.74) is 7.90. The smallest absolute Gasteiger partial charge is 0.175 e. The first kappa shape index (κ1) is 12.3. The third-order valence-electron chi connectivity index (χ3n) is 2.33. The molecule has 0 amide bonds. The van der Waals surface area contributed by atoms with Crippen LogP contribution in [0, 0.1) is 6.92 Å². The standard InChI is InChI=1S/C11H16BrNO2/c1-7-6-9(14-2)11(15-3)10(12)8(7)4-5-13/h6H,4-5,13H2,1-3H3. The van der Waals surface area contributed by atoms with Gasteiger partial charge in [-0.2, -0.15) is 0 Å². The summed E-state index contributed by atoms with van der Waals surface area (Å²) in [6.45, 7) is 2.66. The van der Waals surface area contributed by atoms with Crippen molar-refractivity contribution in [3.63, 3.8) is 0 Å². The Labute approximate surface area is 98.7 Å². The number of ether oxygens (including phenoxy) is 2. The van der Waals surface area contributed by atoms with E-state index < -0.39 is 0 Å². The van der Waals surface area contributed by atoms with Crippen LogP contribution in [0.15, 0.2) is 10.5 Å². The summed E-state index contributed by atoms with van der Waals surface area (Å²) in [6, 6.07) is 1.97. The van der Waals surface area contributed by atoms with Gasteiger partial charge in [-0.3, -0.25) is 0 Å². The molecule has 0 saturated carbocycles. The first-order chi connectivity index (χ1) is 7.15. The fourth-order valence-electron chi connectivity index (χ4n) is 1.56. The van der Waals surface area contributed by atoms with Gasteiger partial charge in [0, 0.05) is 0 Å². The van der Waals surface area contributed by atoms with Gasteiger partial charge in [-0.1, -0.05) is 0 Å². The topological polar surface area (TPSA) is 44.5 Å². The fraction of sp³-hybridized carbons (Fsp3) is 0.455. The first-order valence-electron chi connectivity index (χ1n) is 4.75. The highest BCUT2D eigenvalue weighted by Crippen LogP contribution is 2.39. The molecule has 0 aromatic heterocycles. The lowest BCUT2D eigenvalue weighted by atomic mass is 10.0. The summed E-state index contributed by atoms with van der Waals surface area (Å²) in [6.07, 6.45) is 0.826. The van der Waals surface area contributed by atoms with Crippen LogP contribution in [-0.4, -0.2) is 20.8 Å². The van der Waals surface area contributed by atoms with Crippen molar-refractivity contribution in [2.75, 3.05) is 20.8 Å². The number of hydrogen-bond donors (Lipinski definition) is 1. The summed E-state index contributed by atoms with van der Waals surface area (Å²) in [7, 11) is 3.26. The molecule has 0 aliphatic heterocycles. The number of hydrogen-bond acceptors (Lipinski definition) is 3. The van der Waals surface area contributed by atoms with Crippen molar-refractivity contribution < 1.29 is 9.47 Å². The van der Waals surface area contributed by atoms with Crippen LogP contribution in [0.1, 0.15) is 11.1 Å². The molecule has 84 valence electrons. The van der Waals surface area contributed by atoms with Crippen LogP contribution in [0.25, 0.3) is 0 Å². The van der Waals surface area contributed by atoms with Crippen molar-refractivity contribution in [2.45, 2.75) is 13.3 Å². The number of methoxy groups -OCH3 is 2. The van der Waals surface area contributed by atoms with Crippen molar-refractivity contribution in [1.29, 1.82) is 0 Å². The van der Waals surface area contributed by atoms with Crippen LogP contribution >= 0.6 is 15.9 Å². The molecule has 0 bridgehead atoms. The quantitative estimate of drug-likeness (QED) is 0.916. The third-order valence-corrected chi connectivity index (χ3v) is 3.17. The van der Waals surface area contributed by atoms with E-state index in [9.17, 15) is 0 Å². The van der Waals surface area contributed by atoms with Gasteiger partial charge in [-0.15, -0.1) is 0 Å². The predicted molar refractivity (Wildman–Crippen MR) is 64.7 cm³/mol. The highest BCUT2D eigenvalue weighted by atomic mass is 79.9. The molecule has 1 aromatic carbocycles. The maximum Gasteiger partial charge on any atom is 0.175 e. The second kappa shape index (κ2) is 5.37. The Bertz CT molecular complexity index is 353. The van der Waals surface area contributed by atoms with E-state index >= 15 is 0 Å². The highest BCUT2D eigenvalue weighted by molar-refractivity contribution is 9.10. The molecular formula is C11H16BrNO2. The molecule has 0 fully saturated rings. The molecule has 0 heterocycles. The van der Waals surface area contributed by atoms with E-state index in [1.165, 1.54) is 5.56 Å². The van der Waals surface area contributed by atoms with Gasteiger partial charge in [0.05, 0.1) is 18.7 Å². The second-order valence-electron chi connectivity index (χ2n) is 3.26. The Hall–Kier alpha value is -0.740. The molecular weight excluding hydrogens is 258 g/mol. The zero-order valence-corrected chi connectivity index (χ0v) is 10.8. The maximum atomic E-state index is 5.57. The lowest BCUT2D eigenvalue weighted by molar-refractivity contribution is 0.352. The fourth-order valence-corrected chi connectivity index (χ4v) is 2.43. The van der Waals surface area contributed by atoms with E-state index in [2.05, 4.69) is 15.9 Å². The molecule has 0 atom stereocenters. The van der Waals surface area contributed by atoms with Crippen LogP contribution in [0.2, 0.25) is 0 Å². The second-order valence-corrected chi connectivity index (χ2v) is 4.05. The molecule has 0 spiro atoms. The van der Waals surface area contributed by atoms with Crippen molar-refractivity contribution in [1.82, 2.24) is 0 Å². The van der Waals surface area contributed by atoms with E-state index in [0.29, 0.717) is 6.54 Å². The molecule has 1 rings (SSSR count). The van der Waals surface area contributed by atoms with Gasteiger partial charge in [0.15, 0.2) is 11.5 Å². The van der Waals surface area contributed by atoms with Gasteiger partial charge in [-0.25, -0.2) is 0 Å². The van der Waals surface area contributed by atoms with Gasteiger partial charge >= 0.3 is 0 Å². The molecule has 0 unspecified atom stereocenters. The molecule has 3 nitrogen and oxygen atoms in total. The van der Waals surface area contributed by atoms with E-state index in [1.54, 1.807) is 14.2 Å². The van der Waals surface area contributed by atoms with Crippen LogP contribution in [0.5, 0.6) is 11.5 Å². The zero-order valence-electron chi connectivity index (χ0n) is 9.26. The number of halogens is 1. The molecule has 0 aliphatic carbocycles. The van der Waals surface area contributed by atoms with E-state index in [1.807, 2.05) is 13.0 Å². The lowest BCUT2D eigenvalue weighted by Gasteiger charge is -2.15. The first-order valence-corrected chi connectivity index (χ1v) is 5.55. The molecule has 4 heteroatoms. The van der Waals surface area contributed by atoms with Gasteiger partial charge < -0.3 is 15.2 Å². The van der Waals surface area contributed by atoms with Crippen LogP contribution < -0.4 is 15.2 Å². The van der Waals surface area contributed by atoms with Crippen molar-refractivity contribution in [3.8, 4) is 11.5 Å². The molecule has 1 aromatic rings. The summed E-state index contributed by atoms with van der Waals surface area (Å²) < 4.78 is 11.5. The predicted octanol–water partition coefficient (Wildman–Crippen LogP) is 2.28. The minimum absolute atomic E-state index is 0.620. The Morgan fingerprint density at radius 2 is 2.00 bits per heavy atom.